The molecule has 5 heteroatoms. The topological polar surface area (TPSA) is 46.6 Å². The zero-order chi connectivity index (χ0) is 15.5. The Hall–Kier alpha value is -1.75. The van der Waals surface area contributed by atoms with Crippen LogP contribution in [0.15, 0.2) is 24.3 Å². The summed E-state index contributed by atoms with van der Waals surface area (Å²) >= 11 is 0. The van der Waals surface area contributed by atoms with Crippen LogP contribution in [0.25, 0.3) is 0 Å². The molecule has 0 aromatic heterocycles. The Morgan fingerprint density at radius 1 is 1.14 bits per heavy atom. The molecule has 2 atom stereocenters. The molecule has 0 saturated carbocycles. The number of amides is 1. The Labute approximate surface area is 129 Å². The lowest BCUT2D eigenvalue weighted by Gasteiger charge is -2.33. The van der Waals surface area contributed by atoms with Crippen molar-refractivity contribution >= 4 is 11.7 Å². The van der Waals surface area contributed by atoms with Gasteiger partial charge in [0.05, 0.1) is 0 Å². The van der Waals surface area contributed by atoms with Gasteiger partial charge in [-0.15, -0.1) is 0 Å². The number of Topliss-reactive ketones (excluding diaryl/α,β-unsaturated/α-hetero) is 1. The first-order valence-electron chi connectivity index (χ1n) is 7.85. The van der Waals surface area contributed by atoms with Gasteiger partial charge in [0.2, 0.25) is 0 Å². The van der Waals surface area contributed by atoms with E-state index in [0.29, 0.717) is 25.3 Å². The van der Waals surface area contributed by atoms with Gasteiger partial charge in [-0.3, -0.25) is 9.59 Å². The Balaban J connectivity index is 1.65. The molecule has 2 heterocycles. The highest BCUT2D eigenvalue weighted by Gasteiger charge is 2.33. The summed E-state index contributed by atoms with van der Waals surface area (Å²) in [6.45, 7) is 1.77. The molecule has 22 heavy (non-hydrogen) atoms. The van der Waals surface area contributed by atoms with Gasteiger partial charge < -0.3 is 9.64 Å². The van der Waals surface area contributed by atoms with Gasteiger partial charge in [0.25, 0.3) is 5.91 Å². The van der Waals surface area contributed by atoms with Gasteiger partial charge in [0.1, 0.15) is 11.9 Å². The van der Waals surface area contributed by atoms with Crippen molar-refractivity contribution < 1.29 is 18.7 Å². The molecular weight excluding hydrogens is 285 g/mol. The number of piperidine rings is 1. The van der Waals surface area contributed by atoms with E-state index >= 15 is 0 Å². The third kappa shape index (κ3) is 3.19. The molecule has 0 bridgehead atoms. The van der Waals surface area contributed by atoms with Crippen molar-refractivity contribution in [2.75, 3.05) is 19.7 Å². The molecule has 2 fully saturated rings. The molecule has 4 nitrogen and oxygen atoms in total. The normalized spacial score (nSPS) is 25.2. The van der Waals surface area contributed by atoms with Crippen molar-refractivity contribution in [1.82, 2.24) is 4.90 Å². The van der Waals surface area contributed by atoms with Crippen LogP contribution in [0, 0.1) is 11.7 Å². The molecule has 118 valence electrons. The Morgan fingerprint density at radius 2 is 1.91 bits per heavy atom. The van der Waals surface area contributed by atoms with Gasteiger partial charge in [-0.05, 0) is 49.9 Å². The highest BCUT2D eigenvalue weighted by molar-refractivity contribution is 5.98. The molecule has 2 aliphatic heterocycles. The predicted octanol–water partition coefficient (Wildman–Crippen LogP) is 2.43. The summed E-state index contributed by atoms with van der Waals surface area (Å²) in [5.41, 5.74) is 0.512. The summed E-state index contributed by atoms with van der Waals surface area (Å²) in [4.78, 5) is 26.7. The van der Waals surface area contributed by atoms with Gasteiger partial charge in [-0.25, -0.2) is 4.39 Å². The van der Waals surface area contributed by atoms with Crippen LogP contribution in [0.5, 0.6) is 0 Å². The molecule has 1 amide bonds. The van der Waals surface area contributed by atoms with Crippen LogP contribution >= 0.6 is 0 Å². The van der Waals surface area contributed by atoms with Gasteiger partial charge in [0.15, 0.2) is 5.78 Å². The first kappa shape index (κ1) is 15.2. The van der Waals surface area contributed by atoms with E-state index in [4.69, 9.17) is 4.74 Å². The average Bonchev–Trinajstić information content (AvgIpc) is 3.09. The molecule has 2 unspecified atom stereocenters. The Bertz CT molecular complexity index is 552. The quantitative estimate of drug-likeness (QED) is 0.806. The molecular formula is C17H20FNO3. The van der Waals surface area contributed by atoms with Crippen molar-refractivity contribution in [1.29, 1.82) is 0 Å². The third-order valence-electron chi connectivity index (χ3n) is 4.44. The number of nitrogens with zero attached hydrogens (tertiary/aromatic N) is 1. The summed E-state index contributed by atoms with van der Waals surface area (Å²) < 4.78 is 18.4. The maximum atomic E-state index is 13.0. The lowest BCUT2D eigenvalue weighted by atomic mass is 9.89. The van der Waals surface area contributed by atoms with Crippen molar-refractivity contribution in [2.24, 2.45) is 5.92 Å². The van der Waals surface area contributed by atoms with Crippen LogP contribution in [-0.2, 0) is 9.53 Å². The average molecular weight is 305 g/mol. The van der Waals surface area contributed by atoms with E-state index in [0.717, 1.165) is 25.7 Å². The van der Waals surface area contributed by atoms with Crippen LogP contribution in [0.2, 0.25) is 0 Å². The fourth-order valence-electron chi connectivity index (χ4n) is 3.22. The van der Waals surface area contributed by atoms with E-state index in [2.05, 4.69) is 0 Å². The second kappa shape index (κ2) is 6.57. The van der Waals surface area contributed by atoms with Crippen LogP contribution in [0.3, 0.4) is 0 Å². The second-order valence-electron chi connectivity index (χ2n) is 6.00. The Morgan fingerprint density at radius 3 is 2.59 bits per heavy atom. The Kier molecular flexibility index (Phi) is 4.52. The van der Waals surface area contributed by atoms with Crippen LogP contribution in [-0.4, -0.2) is 42.4 Å². The van der Waals surface area contributed by atoms with E-state index in [1.807, 2.05) is 0 Å². The first-order valence-corrected chi connectivity index (χ1v) is 7.85. The number of ether oxygens (including phenoxy) is 1. The maximum Gasteiger partial charge on any atom is 0.251 e. The molecule has 2 saturated heterocycles. The number of benzene rings is 1. The number of hydrogen-bond donors (Lipinski definition) is 0. The fourth-order valence-corrected chi connectivity index (χ4v) is 3.22. The summed E-state index contributed by atoms with van der Waals surface area (Å²) in [5, 5.41) is 0. The summed E-state index contributed by atoms with van der Waals surface area (Å²) in [5.74, 6) is -0.557. The van der Waals surface area contributed by atoms with E-state index < -0.39 is 0 Å². The van der Waals surface area contributed by atoms with Gasteiger partial charge in [-0.1, -0.05) is 0 Å². The van der Waals surface area contributed by atoms with E-state index in [9.17, 15) is 14.0 Å². The number of rotatable bonds is 3. The van der Waals surface area contributed by atoms with E-state index in [-0.39, 0.29) is 29.5 Å². The largest absolute Gasteiger partial charge is 0.368 e. The summed E-state index contributed by atoms with van der Waals surface area (Å²) in [6.07, 6.45) is 2.94. The molecule has 1 aromatic rings. The number of ketones is 1. The van der Waals surface area contributed by atoms with E-state index in [1.54, 1.807) is 4.90 Å². The third-order valence-corrected chi connectivity index (χ3v) is 4.44. The molecule has 0 radical (unpaired) electrons. The maximum absolute atomic E-state index is 13.0. The molecule has 2 aliphatic rings. The monoisotopic (exact) mass is 305 g/mol. The number of halogens is 1. The zero-order valence-electron chi connectivity index (χ0n) is 12.5. The van der Waals surface area contributed by atoms with Crippen molar-refractivity contribution in [3.8, 4) is 0 Å². The minimum Gasteiger partial charge on any atom is -0.368 e. The first-order chi connectivity index (χ1) is 10.6. The summed E-state index contributed by atoms with van der Waals surface area (Å²) in [7, 11) is 0. The fraction of sp³-hybridized carbons (Fsp3) is 0.529. The molecule has 0 N–H and O–H groups in total. The van der Waals surface area contributed by atoms with Crippen molar-refractivity contribution in [2.45, 2.75) is 31.8 Å². The van der Waals surface area contributed by atoms with E-state index in [1.165, 1.54) is 24.3 Å². The van der Waals surface area contributed by atoms with Gasteiger partial charge in [0, 0.05) is 31.2 Å². The predicted molar refractivity (Wildman–Crippen MR) is 79.0 cm³/mol. The highest BCUT2D eigenvalue weighted by Crippen LogP contribution is 2.24. The minimum absolute atomic E-state index is 0.00843. The van der Waals surface area contributed by atoms with Crippen molar-refractivity contribution in [3.63, 3.8) is 0 Å². The van der Waals surface area contributed by atoms with Crippen molar-refractivity contribution in [3.05, 3.63) is 35.6 Å². The summed E-state index contributed by atoms with van der Waals surface area (Å²) in [6, 6.07) is 5.62. The van der Waals surface area contributed by atoms with Crippen LogP contribution < -0.4 is 0 Å². The number of carbonyl (C=O) groups excluding carboxylic acids is 2. The lowest BCUT2D eigenvalue weighted by molar-refractivity contribution is -0.142. The SMILES string of the molecule is O=C(c1ccc(F)cc1)C1CCCN(C(=O)C2CCCO2)C1. The van der Waals surface area contributed by atoms with Gasteiger partial charge in [-0.2, -0.15) is 0 Å². The van der Waals surface area contributed by atoms with Gasteiger partial charge >= 0.3 is 0 Å². The number of carbonyl (C=O) groups is 2. The molecule has 3 rings (SSSR count). The number of likely N-dealkylation sites (tertiary alicyclic amines) is 1. The lowest BCUT2D eigenvalue weighted by Crippen LogP contribution is -2.46. The zero-order valence-corrected chi connectivity index (χ0v) is 12.5. The highest BCUT2D eigenvalue weighted by atomic mass is 19.1. The molecule has 1 aromatic carbocycles. The molecule has 0 aliphatic carbocycles. The second-order valence-corrected chi connectivity index (χ2v) is 6.00. The van der Waals surface area contributed by atoms with Crippen LogP contribution in [0.1, 0.15) is 36.0 Å². The molecule has 0 spiro atoms. The minimum atomic E-state index is -0.351. The number of hydrogen-bond acceptors (Lipinski definition) is 3. The van der Waals surface area contributed by atoms with Crippen LogP contribution in [0.4, 0.5) is 4.39 Å². The smallest absolute Gasteiger partial charge is 0.251 e. The standard InChI is InChI=1S/C17H20FNO3/c18-14-7-5-12(6-8-14)16(20)13-3-1-9-19(11-13)17(21)15-4-2-10-22-15/h5-8,13,15H,1-4,9-11H2.